The van der Waals surface area contributed by atoms with Gasteiger partial charge in [-0.2, -0.15) is 5.26 Å². The third-order valence-corrected chi connectivity index (χ3v) is 4.94. The number of aryl methyl sites for hydroxylation is 1. The maximum absolute atomic E-state index is 13.6. The highest BCUT2D eigenvalue weighted by molar-refractivity contribution is 6.14. The number of pyridine rings is 1. The number of ether oxygens (including phenoxy) is 1. The number of aromatic nitrogens is 1. The Kier molecular flexibility index (Phi) is 3.21. The summed E-state index contributed by atoms with van der Waals surface area (Å²) in [6.45, 7) is 3.95. The summed E-state index contributed by atoms with van der Waals surface area (Å²) in [4.78, 5) is 30.7. The van der Waals surface area contributed by atoms with E-state index in [9.17, 15) is 14.9 Å². The van der Waals surface area contributed by atoms with Crippen molar-refractivity contribution in [3.05, 3.63) is 69.0 Å². The minimum atomic E-state index is -1.60. The molecule has 1 aromatic carbocycles. The average Bonchev–Trinajstić information content (AvgIpc) is 2.84. The van der Waals surface area contributed by atoms with Crippen molar-refractivity contribution in [3.8, 4) is 11.8 Å². The molecule has 7 heteroatoms. The molecule has 1 amide bonds. The molecule has 1 spiro atoms. The number of anilines is 1. The molecule has 0 fully saturated rings. The number of nitrogens with one attached hydrogen (secondary N) is 1. The molecule has 7 nitrogen and oxygen atoms in total. The van der Waals surface area contributed by atoms with E-state index in [4.69, 9.17) is 10.5 Å². The number of hydrogen-bond acceptors (Lipinski definition) is 5. The molecule has 0 bridgehead atoms. The number of hydrogen-bond donors (Lipinski definition) is 2. The fourth-order valence-corrected chi connectivity index (χ4v) is 3.96. The molecule has 130 valence electrons. The second-order valence-corrected chi connectivity index (χ2v) is 6.29. The molecule has 2 aromatic rings. The summed E-state index contributed by atoms with van der Waals surface area (Å²) in [6, 6.07) is 10.8. The average molecular weight is 348 g/mol. The van der Waals surface area contributed by atoms with Crippen LogP contribution in [0.3, 0.4) is 0 Å². The minimum Gasteiger partial charge on any atom is -0.440 e. The van der Waals surface area contributed by atoms with E-state index in [-0.39, 0.29) is 28.7 Å². The molecule has 0 saturated carbocycles. The zero-order valence-electron chi connectivity index (χ0n) is 14.3. The molecule has 2 aliphatic rings. The lowest BCUT2D eigenvalue weighted by Crippen LogP contribution is -2.49. The monoisotopic (exact) mass is 348 g/mol. The number of benzene rings is 1. The van der Waals surface area contributed by atoms with Crippen LogP contribution in [0.25, 0.3) is 0 Å². The number of aromatic amines is 1. The van der Waals surface area contributed by atoms with E-state index >= 15 is 0 Å². The predicted molar refractivity (Wildman–Crippen MR) is 94.5 cm³/mol. The first-order valence-corrected chi connectivity index (χ1v) is 8.20. The lowest BCUT2D eigenvalue weighted by Gasteiger charge is -2.33. The Morgan fingerprint density at radius 3 is 2.77 bits per heavy atom. The summed E-state index contributed by atoms with van der Waals surface area (Å²) in [5.74, 6) is -0.338. The zero-order valence-corrected chi connectivity index (χ0v) is 14.3. The van der Waals surface area contributed by atoms with Gasteiger partial charge in [-0.25, -0.2) is 0 Å². The number of amides is 1. The van der Waals surface area contributed by atoms with Crippen molar-refractivity contribution < 1.29 is 9.53 Å². The summed E-state index contributed by atoms with van der Waals surface area (Å²) in [5, 5.41) is 9.81. The number of carbonyl (C=O) groups excluding carboxylic acids is 1. The van der Waals surface area contributed by atoms with Crippen LogP contribution in [0.1, 0.15) is 23.7 Å². The van der Waals surface area contributed by atoms with Gasteiger partial charge in [0.05, 0.1) is 5.56 Å². The second kappa shape index (κ2) is 5.23. The van der Waals surface area contributed by atoms with Gasteiger partial charge in [0.25, 0.3) is 5.56 Å². The largest absolute Gasteiger partial charge is 0.440 e. The lowest BCUT2D eigenvalue weighted by atomic mass is 9.69. The van der Waals surface area contributed by atoms with E-state index in [2.05, 4.69) is 4.98 Å². The summed E-state index contributed by atoms with van der Waals surface area (Å²) in [6.07, 6.45) is 0. The lowest BCUT2D eigenvalue weighted by molar-refractivity contribution is -0.120. The highest BCUT2D eigenvalue weighted by Crippen LogP contribution is 2.53. The smallest absolute Gasteiger partial charge is 0.256 e. The van der Waals surface area contributed by atoms with Gasteiger partial charge in [-0.15, -0.1) is 0 Å². The van der Waals surface area contributed by atoms with E-state index in [1.54, 1.807) is 36.1 Å². The van der Waals surface area contributed by atoms with Crippen LogP contribution in [-0.4, -0.2) is 17.4 Å². The van der Waals surface area contributed by atoms with Crippen molar-refractivity contribution in [2.24, 2.45) is 5.73 Å². The third-order valence-electron chi connectivity index (χ3n) is 4.94. The van der Waals surface area contributed by atoms with Crippen LogP contribution in [0.4, 0.5) is 5.69 Å². The molecule has 3 N–H and O–H groups in total. The van der Waals surface area contributed by atoms with Crippen LogP contribution in [0.2, 0.25) is 0 Å². The summed E-state index contributed by atoms with van der Waals surface area (Å²) in [7, 11) is 0. The van der Waals surface area contributed by atoms with Crippen LogP contribution >= 0.6 is 0 Å². The quantitative estimate of drug-likeness (QED) is 0.809. The molecule has 26 heavy (non-hydrogen) atoms. The van der Waals surface area contributed by atoms with Crippen LogP contribution in [-0.2, 0) is 10.2 Å². The molecular formula is C19H16N4O3. The number of fused-ring (bicyclic) bond motifs is 4. The second-order valence-electron chi connectivity index (χ2n) is 6.29. The number of carbonyl (C=O) groups is 1. The molecule has 3 heterocycles. The maximum Gasteiger partial charge on any atom is 0.256 e. The van der Waals surface area contributed by atoms with Crippen LogP contribution in [0.5, 0.6) is 5.75 Å². The van der Waals surface area contributed by atoms with Gasteiger partial charge in [-0.05, 0) is 19.9 Å². The topological polar surface area (TPSA) is 112 Å². The molecule has 0 radical (unpaired) electrons. The molecule has 1 unspecified atom stereocenters. The Bertz CT molecular complexity index is 1090. The molecular weight excluding hydrogens is 332 g/mol. The SMILES string of the molecule is CCN1C(=O)C2(C(C#N)=C(N)Oc3cc(C)[nH]c(=O)c32)c2ccccc21. The van der Waals surface area contributed by atoms with Crippen LogP contribution < -0.4 is 20.9 Å². The zero-order chi connectivity index (χ0) is 18.6. The molecule has 0 saturated heterocycles. The molecule has 0 aliphatic carbocycles. The fraction of sp³-hybridized carbons (Fsp3) is 0.211. The summed E-state index contributed by atoms with van der Waals surface area (Å²) < 4.78 is 5.56. The third kappa shape index (κ3) is 1.70. The maximum atomic E-state index is 13.6. The Hall–Kier alpha value is -3.53. The van der Waals surface area contributed by atoms with Crippen molar-refractivity contribution in [1.29, 1.82) is 5.26 Å². The summed E-state index contributed by atoms with van der Waals surface area (Å²) >= 11 is 0. The first kappa shape index (κ1) is 16.0. The van der Waals surface area contributed by atoms with Crippen molar-refractivity contribution >= 4 is 11.6 Å². The Balaban J connectivity index is 2.22. The molecule has 1 aromatic heterocycles. The van der Waals surface area contributed by atoms with Gasteiger partial charge in [0.15, 0.2) is 5.41 Å². The molecule has 1 atom stereocenters. The van der Waals surface area contributed by atoms with Gasteiger partial charge < -0.3 is 20.4 Å². The number of H-pyrrole nitrogens is 1. The standard InChI is InChI=1S/C19H16N4O3/c1-3-23-13-7-5-4-6-11(13)19(18(23)25)12(9-20)16(21)26-14-8-10(2)22-17(24)15(14)19/h4-8H,3,21H2,1-2H3,(H,22,24). The number of nitrogens with zero attached hydrogens (tertiary/aromatic N) is 2. The number of likely N-dealkylation sites (N-methyl/N-ethyl adjacent to an activating group) is 1. The van der Waals surface area contributed by atoms with E-state index in [1.165, 1.54) is 0 Å². The number of rotatable bonds is 1. The van der Waals surface area contributed by atoms with Crippen molar-refractivity contribution in [1.82, 2.24) is 4.98 Å². The number of para-hydroxylation sites is 1. The summed E-state index contributed by atoms with van der Waals surface area (Å²) in [5.41, 5.74) is 5.78. The van der Waals surface area contributed by atoms with Gasteiger partial charge in [-0.1, -0.05) is 18.2 Å². The normalized spacial score (nSPS) is 20.7. The van der Waals surface area contributed by atoms with E-state index < -0.39 is 11.0 Å². The Morgan fingerprint density at radius 1 is 1.35 bits per heavy atom. The first-order chi connectivity index (χ1) is 12.5. The van der Waals surface area contributed by atoms with Gasteiger partial charge in [0, 0.05) is 29.6 Å². The van der Waals surface area contributed by atoms with Crippen LogP contribution in [0.15, 0.2) is 46.6 Å². The van der Waals surface area contributed by atoms with Gasteiger partial charge in [-0.3, -0.25) is 9.59 Å². The molecule has 2 aliphatic heterocycles. The van der Waals surface area contributed by atoms with Crippen LogP contribution in [0, 0.1) is 18.3 Å². The van der Waals surface area contributed by atoms with Gasteiger partial charge in [0.2, 0.25) is 11.8 Å². The van der Waals surface area contributed by atoms with Crippen molar-refractivity contribution in [3.63, 3.8) is 0 Å². The Morgan fingerprint density at radius 2 is 2.08 bits per heavy atom. The molecule has 4 rings (SSSR count). The minimum absolute atomic E-state index is 0.0623. The number of nitriles is 1. The Labute approximate surface area is 149 Å². The van der Waals surface area contributed by atoms with E-state index in [1.807, 2.05) is 19.1 Å². The number of nitrogens with two attached hydrogens (primary N) is 1. The van der Waals surface area contributed by atoms with Crippen molar-refractivity contribution in [2.45, 2.75) is 19.3 Å². The highest BCUT2D eigenvalue weighted by atomic mass is 16.5. The van der Waals surface area contributed by atoms with E-state index in [0.717, 1.165) is 0 Å². The first-order valence-electron chi connectivity index (χ1n) is 8.20. The predicted octanol–water partition coefficient (Wildman–Crippen LogP) is 1.42. The van der Waals surface area contributed by atoms with Gasteiger partial charge in [0.1, 0.15) is 17.4 Å². The van der Waals surface area contributed by atoms with E-state index in [0.29, 0.717) is 23.5 Å². The van der Waals surface area contributed by atoms with Crippen molar-refractivity contribution in [2.75, 3.05) is 11.4 Å². The van der Waals surface area contributed by atoms with Gasteiger partial charge >= 0.3 is 0 Å². The highest BCUT2D eigenvalue weighted by Gasteiger charge is 2.60. The fourth-order valence-electron chi connectivity index (χ4n) is 3.96.